The van der Waals surface area contributed by atoms with Crippen molar-refractivity contribution in [2.75, 3.05) is 5.75 Å². The average Bonchev–Trinajstić information content (AvgIpc) is 2.13. The van der Waals surface area contributed by atoms with Crippen molar-refractivity contribution in [3.8, 4) is 0 Å². The zero-order valence-corrected chi connectivity index (χ0v) is 12.0. The summed E-state index contributed by atoms with van der Waals surface area (Å²) in [5, 5.41) is 0. The van der Waals surface area contributed by atoms with Crippen LogP contribution in [0.15, 0.2) is 22.4 Å². The van der Waals surface area contributed by atoms with Gasteiger partial charge in [-0.05, 0) is 27.7 Å². The molecule has 0 saturated carbocycles. The molecule has 1 atom stereocenters. The van der Waals surface area contributed by atoms with E-state index >= 15 is 0 Å². The second-order valence-corrected chi connectivity index (χ2v) is 7.77. The van der Waals surface area contributed by atoms with Gasteiger partial charge in [-0.15, -0.1) is 0 Å². The number of aliphatic imine (C=N–C) groups is 2. The second kappa shape index (κ2) is 4.08. The van der Waals surface area contributed by atoms with Crippen molar-refractivity contribution >= 4 is 21.4 Å². The molecular weight excluding hydrogens is 252 g/mol. The van der Waals surface area contributed by atoms with Crippen LogP contribution >= 0.6 is 0 Å². The zero-order valence-electron chi connectivity index (χ0n) is 11.2. The zero-order chi connectivity index (χ0) is 14.4. The van der Waals surface area contributed by atoms with E-state index in [1.165, 1.54) is 0 Å². The molecule has 1 unspecified atom stereocenters. The number of hydrogen-bond donors (Lipinski definition) is 2. The molecule has 1 aliphatic rings. The number of sulfone groups is 1. The Hall–Kier alpha value is -1.37. The minimum atomic E-state index is -3.41. The van der Waals surface area contributed by atoms with Crippen LogP contribution in [0.2, 0.25) is 0 Å². The molecule has 6 nitrogen and oxygen atoms in total. The van der Waals surface area contributed by atoms with Gasteiger partial charge in [0, 0.05) is 5.71 Å². The van der Waals surface area contributed by atoms with E-state index in [2.05, 4.69) is 16.6 Å². The van der Waals surface area contributed by atoms with Crippen LogP contribution in [0, 0.1) is 0 Å². The Morgan fingerprint density at radius 3 is 2.33 bits per heavy atom. The molecule has 0 aromatic heterocycles. The van der Waals surface area contributed by atoms with Gasteiger partial charge in [0.2, 0.25) is 0 Å². The SMILES string of the molecule is C=C(N)N=C(C)C1(C)CS(=O)(=O)C(C)(C)C(N)=N1. The lowest BCUT2D eigenvalue weighted by atomic mass is 9.98. The van der Waals surface area contributed by atoms with Crippen molar-refractivity contribution in [2.24, 2.45) is 21.5 Å². The summed E-state index contributed by atoms with van der Waals surface area (Å²) in [5.74, 6) is 0.0641. The smallest absolute Gasteiger partial charge is 0.165 e. The predicted octanol–water partition coefficient (Wildman–Crippen LogP) is 0.200. The fraction of sp³-hybridized carbons (Fsp3) is 0.636. The summed E-state index contributed by atoms with van der Waals surface area (Å²) in [6.45, 7) is 9.91. The third-order valence-electron chi connectivity index (χ3n) is 3.32. The Bertz CT molecular complexity index is 545. The van der Waals surface area contributed by atoms with E-state index in [1.807, 2.05) is 0 Å². The maximum absolute atomic E-state index is 12.3. The van der Waals surface area contributed by atoms with Crippen molar-refractivity contribution in [1.82, 2.24) is 0 Å². The maximum atomic E-state index is 12.3. The normalized spacial score (nSPS) is 30.7. The molecule has 0 saturated heterocycles. The van der Waals surface area contributed by atoms with E-state index in [-0.39, 0.29) is 17.4 Å². The van der Waals surface area contributed by atoms with Gasteiger partial charge in [-0.3, -0.25) is 4.99 Å². The van der Waals surface area contributed by atoms with Gasteiger partial charge in [-0.1, -0.05) is 6.58 Å². The highest BCUT2D eigenvalue weighted by Crippen LogP contribution is 2.30. The first kappa shape index (κ1) is 14.7. The van der Waals surface area contributed by atoms with Crippen LogP contribution in [-0.4, -0.2) is 36.0 Å². The molecular formula is C11H20N4O2S. The topological polar surface area (TPSA) is 111 Å². The number of rotatable bonds is 2. The van der Waals surface area contributed by atoms with Gasteiger partial charge in [-0.25, -0.2) is 13.4 Å². The molecule has 102 valence electrons. The number of nitrogens with zero attached hydrogens (tertiary/aromatic N) is 2. The summed E-state index contributed by atoms with van der Waals surface area (Å²) < 4.78 is 23.4. The number of amidine groups is 1. The van der Waals surface area contributed by atoms with Crippen molar-refractivity contribution < 1.29 is 8.42 Å². The van der Waals surface area contributed by atoms with Gasteiger partial charge in [-0.2, -0.15) is 0 Å². The molecule has 1 rings (SSSR count). The Balaban J connectivity index is 3.40. The van der Waals surface area contributed by atoms with E-state index in [0.29, 0.717) is 5.71 Å². The Morgan fingerprint density at radius 1 is 1.44 bits per heavy atom. The van der Waals surface area contributed by atoms with Gasteiger partial charge in [0.15, 0.2) is 9.84 Å². The predicted molar refractivity (Wildman–Crippen MR) is 74.3 cm³/mol. The first-order valence-electron chi connectivity index (χ1n) is 5.51. The van der Waals surface area contributed by atoms with Crippen LogP contribution in [0.5, 0.6) is 0 Å². The number of hydrogen-bond acceptors (Lipinski definition) is 6. The highest BCUT2D eigenvalue weighted by atomic mass is 32.2. The number of nitrogens with two attached hydrogens (primary N) is 2. The molecule has 1 heterocycles. The quantitative estimate of drug-likeness (QED) is 0.699. The van der Waals surface area contributed by atoms with E-state index in [1.54, 1.807) is 27.7 Å². The van der Waals surface area contributed by atoms with Crippen LogP contribution in [0.1, 0.15) is 27.7 Å². The fourth-order valence-electron chi connectivity index (χ4n) is 1.66. The highest BCUT2D eigenvalue weighted by molar-refractivity contribution is 7.93. The van der Waals surface area contributed by atoms with Crippen molar-refractivity contribution in [3.05, 3.63) is 12.4 Å². The van der Waals surface area contributed by atoms with E-state index in [0.717, 1.165) is 0 Å². The van der Waals surface area contributed by atoms with E-state index in [9.17, 15) is 8.42 Å². The minimum absolute atomic E-state index is 0.0911. The van der Waals surface area contributed by atoms with E-state index < -0.39 is 20.1 Å². The summed E-state index contributed by atoms with van der Waals surface area (Å²) >= 11 is 0. The van der Waals surface area contributed by atoms with Gasteiger partial charge in [0.25, 0.3) is 0 Å². The molecule has 0 fully saturated rings. The van der Waals surface area contributed by atoms with Crippen molar-refractivity contribution in [3.63, 3.8) is 0 Å². The molecule has 0 amide bonds. The molecule has 18 heavy (non-hydrogen) atoms. The maximum Gasteiger partial charge on any atom is 0.165 e. The summed E-state index contributed by atoms with van der Waals surface area (Å²) in [7, 11) is -3.41. The largest absolute Gasteiger partial charge is 0.386 e. The molecule has 7 heteroatoms. The Morgan fingerprint density at radius 2 is 1.94 bits per heavy atom. The molecule has 0 aliphatic carbocycles. The van der Waals surface area contributed by atoms with Crippen molar-refractivity contribution in [2.45, 2.75) is 38.0 Å². The Labute approximate surface area is 108 Å². The average molecular weight is 272 g/mol. The third-order valence-corrected chi connectivity index (χ3v) is 6.03. The first-order chi connectivity index (χ1) is 7.92. The summed E-state index contributed by atoms with van der Waals surface area (Å²) in [6, 6.07) is 0. The van der Waals surface area contributed by atoms with Crippen LogP contribution in [0.25, 0.3) is 0 Å². The Kier molecular flexibility index (Phi) is 3.33. The molecule has 0 aromatic carbocycles. The first-order valence-corrected chi connectivity index (χ1v) is 7.16. The lowest BCUT2D eigenvalue weighted by Gasteiger charge is -2.37. The third kappa shape index (κ3) is 2.27. The van der Waals surface area contributed by atoms with Crippen LogP contribution in [-0.2, 0) is 9.84 Å². The molecule has 0 aromatic rings. The monoisotopic (exact) mass is 272 g/mol. The molecule has 0 bridgehead atoms. The molecule has 0 radical (unpaired) electrons. The summed E-state index contributed by atoms with van der Waals surface area (Å²) in [5.41, 5.74) is 10.7. The molecule has 1 aliphatic heterocycles. The second-order valence-electron chi connectivity index (χ2n) is 5.23. The van der Waals surface area contributed by atoms with Crippen LogP contribution in [0.3, 0.4) is 0 Å². The van der Waals surface area contributed by atoms with Gasteiger partial charge in [0.05, 0.1) is 5.75 Å². The summed E-state index contributed by atoms with van der Waals surface area (Å²) in [6.07, 6.45) is 0. The molecule has 0 spiro atoms. The fourth-order valence-corrected chi connectivity index (χ4v) is 3.40. The van der Waals surface area contributed by atoms with Gasteiger partial charge >= 0.3 is 0 Å². The van der Waals surface area contributed by atoms with Crippen molar-refractivity contribution in [1.29, 1.82) is 0 Å². The molecule has 4 N–H and O–H groups in total. The standard InChI is InChI=1S/C11H20N4O2S/c1-7(14-8(2)12)11(5)6-18(16,17)10(3,4)9(13)15-11/h2,6,12H2,1,3-5H3,(H2,13,15). The lowest BCUT2D eigenvalue weighted by Crippen LogP contribution is -2.57. The van der Waals surface area contributed by atoms with Gasteiger partial charge < -0.3 is 11.5 Å². The van der Waals surface area contributed by atoms with Gasteiger partial charge in [0.1, 0.15) is 21.9 Å². The summed E-state index contributed by atoms with van der Waals surface area (Å²) in [4.78, 5) is 8.30. The van der Waals surface area contributed by atoms with Crippen LogP contribution in [0.4, 0.5) is 0 Å². The van der Waals surface area contributed by atoms with Crippen LogP contribution < -0.4 is 11.5 Å². The highest BCUT2D eigenvalue weighted by Gasteiger charge is 2.49. The lowest BCUT2D eigenvalue weighted by molar-refractivity contribution is 0.548. The minimum Gasteiger partial charge on any atom is -0.386 e. The van der Waals surface area contributed by atoms with E-state index in [4.69, 9.17) is 11.5 Å².